The smallest absolute Gasteiger partial charge is 0.243 e. The zero-order chi connectivity index (χ0) is 18.6. The van der Waals surface area contributed by atoms with Crippen LogP contribution in [0, 0.1) is 12.8 Å². The highest BCUT2D eigenvalue weighted by atomic mass is 32.2. The summed E-state index contributed by atoms with van der Waals surface area (Å²) in [4.78, 5) is 0.319. The summed E-state index contributed by atoms with van der Waals surface area (Å²) in [6.45, 7) is 4.01. The number of ether oxygens (including phenoxy) is 1. The predicted molar refractivity (Wildman–Crippen MR) is 103 cm³/mol. The van der Waals surface area contributed by atoms with Gasteiger partial charge in [-0.3, -0.25) is 0 Å². The van der Waals surface area contributed by atoms with Crippen molar-refractivity contribution in [2.24, 2.45) is 5.92 Å². The molecule has 1 fully saturated rings. The molecule has 3 rings (SSSR count). The molecule has 1 atom stereocenters. The molecule has 1 saturated heterocycles. The van der Waals surface area contributed by atoms with Crippen LogP contribution in [0.2, 0.25) is 0 Å². The van der Waals surface area contributed by atoms with Crippen molar-refractivity contribution >= 4 is 10.0 Å². The first-order valence-electron chi connectivity index (χ1n) is 8.98. The Morgan fingerprint density at radius 1 is 1.15 bits per heavy atom. The molecule has 0 radical (unpaired) electrons. The molecule has 6 heteroatoms. The SMILES string of the molecule is CNCC1CCCN(S(=O)(=O)c2ccc(Oc3cccc(C)c3)cc2)C1. The second-order valence-corrected chi connectivity index (χ2v) is 8.76. The minimum atomic E-state index is -3.46. The molecule has 0 saturated carbocycles. The average molecular weight is 375 g/mol. The summed E-state index contributed by atoms with van der Waals surface area (Å²) in [6.07, 6.45) is 1.97. The van der Waals surface area contributed by atoms with Crippen LogP contribution in [0.3, 0.4) is 0 Å². The van der Waals surface area contributed by atoms with Crippen LogP contribution in [0.5, 0.6) is 11.5 Å². The van der Waals surface area contributed by atoms with Crippen LogP contribution in [0.4, 0.5) is 0 Å². The fraction of sp³-hybridized carbons (Fsp3) is 0.400. The Labute approximate surface area is 156 Å². The van der Waals surface area contributed by atoms with E-state index in [1.807, 2.05) is 38.2 Å². The quantitative estimate of drug-likeness (QED) is 0.842. The number of benzene rings is 2. The normalized spacial score (nSPS) is 18.6. The highest BCUT2D eigenvalue weighted by Crippen LogP contribution is 2.27. The highest BCUT2D eigenvalue weighted by Gasteiger charge is 2.29. The van der Waals surface area contributed by atoms with Gasteiger partial charge in [-0.1, -0.05) is 12.1 Å². The standard InChI is InChI=1S/C20H26N2O3S/c1-16-5-3-7-19(13-16)25-18-8-10-20(11-9-18)26(23,24)22-12-4-6-17(15-22)14-21-2/h3,5,7-11,13,17,21H,4,6,12,14-15H2,1-2H3. The molecule has 26 heavy (non-hydrogen) atoms. The molecule has 140 valence electrons. The molecule has 0 amide bonds. The molecule has 0 bridgehead atoms. The first-order chi connectivity index (χ1) is 12.5. The number of sulfonamides is 1. The molecule has 2 aromatic rings. The summed E-state index contributed by atoms with van der Waals surface area (Å²) in [5.41, 5.74) is 1.11. The largest absolute Gasteiger partial charge is 0.457 e. The maximum Gasteiger partial charge on any atom is 0.243 e. The third-order valence-corrected chi connectivity index (χ3v) is 6.54. The van der Waals surface area contributed by atoms with Gasteiger partial charge in [0.2, 0.25) is 10.0 Å². The topological polar surface area (TPSA) is 58.6 Å². The van der Waals surface area contributed by atoms with E-state index in [4.69, 9.17) is 4.74 Å². The highest BCUT2D eigenvalue weighted by molar-refractivity contribution is 7.89. The molecule has 1 aliphatic heterocycles. The predicted octanol–water partition coefficient (Wildman–Crippen LogP) is 3.41. The summed E-state index contributed by atoms with van der Waals surface area (Å²) in [6, 6.07) is 14.4. The first kappa shape index (κ1) is 18.9. The van der Waals surface area contributed by atoms with E-state index >= 15 is 0 Å². The van der Waals surface area contributed by atoms with Gasteiger partial charge in [-0.15, -0.1) is 0 Å². The molecule has 0 spiro atoms. The zero-order valence-electron chi connectivity index (χ0n) is 15.3. The molecule has 2 aromatic carbocycles. The van der Waals surface area contributed by atoms with Crippen molar-refractivity contribution in [3.63, 3.8) is 0 Å². The van der Waals surface area contributed by atoms with Crippen molar-refractivity contribution in [2.75, 3.05) is 26.7 Å². The van der Waals surface area contributed by atoms with Gasteiger partial charge in [0.25, 0.3) is 0 Å². The number of hydrogen-bond acceptors (Lipinski definition) is 4. The maximum absolute atomic E-state index is 12.9. The Morgan fingerprint density at radius 2 is 1.92 bits per heavy atom. The molecule has 1 unspecified atom stereocenters. The number of piperidine rings is 1. The molecular weight excluding hydrogens is 348 g/mol. The van der Waals surface area contributed by atoms with Gasteiger partial charge in [0.1, 0.15) is 11.5 Å². The maximum atomic E-state index is 12.9. The molecule has 0 aliphatic carbocycles. The molecule has 1 N–H and O–H groups in total. The summed E-state index contributed by atoms with van der Waals surface area (Å²) in [5, 5.41) is 3.15. The van der Waals surface area contributed by atoms with Crippen molar-refractivity contribution in [3.05, 3.63) is 54.1 Å². The summed E-state index contributed by atoms with van der Waals surface area (Å²) >= 11 is 0. The zero-order valence-corrected chi connectivity index (χ0v) is 16.1. The fourth-order valence-electron chi connectivity index (χ4n) is 3.34. The molecular formula is C20H26N2O3S. The minimum Gasteiger partial charge on any atom is -0.457 e. The van der Waals surface area contributed by atoms with E-state index in [0.717, 1.165) is 30.7 Å². The van der Waals surface area contributed by atoms with Crippen LogP contribution >= 0.6 is 0 Å². The lowest BCUT2D eigenvalue weighted by atomic mass is 10.00. The van der Waals surface area contributed by atoms with Crippen LogP contribution in [0.1, 0.15) is 18.4 Å². The van der Waals surface area contributed by atoms with Gasteiger partial charge in [0.15, 0.2) is 0 Å². The van der Waals surface area contributed by atoms with Crippen molar-refractivity contribution in [3.8, 4) is 11.5 Å². The molecule has 5 nitrogen and oxygen atoms in total. The lowest BCUT2D eigenvalue weighted by Gasteiger charge is -2.31. The van der Waals surface area contributed by atoms with Gasteiger partial charge >= 0.3 is 0 Å². The van der Waals surface area contributed by atoms with Crippen molar-refractivity contribution in [1.29, 1.82) is 0 Å². The minimum absolute atomic E-state index is 0.319. The van der Waals surface area contributed by atoms with Crippen LogP contribution in [0.15, 0.2) is 53.4 Å². The third-order valence-electron chi connectivity index (χ3n) is 4.66. The average Bonchev–Trinajstić information content (AvgIpc) is 2.63. The number of rotatable bonds is 6. The van der Waals surface area contributed by atoms with E-state index in [0.29, 0.717) is 29.7 Å². The summed E-state index contributed by atoms with van der Waals surface area (Å²) in [5.74, 6) is 1.74. The van der Waals surface area contributed by atoms with Gasteiger partial charge in [0, 0.05) is 13.1 Å². The van der Waals surface area contributed by atoms with E-state index in [9.17, 15) is 8.42 Å². The molecule has 1 heterocycles. The Kier molecular flexibility index (Phi) is 5.96. The van der Waals surface area contributed by atoms with Gasteiger partial charge in [0.05, 0.1) is 4.90 Å². The fourth-order valence-corrected chi connectivity index (χ4v) is 4.90. The van der Waals surface area contributed by atoms with E-state index in [1.165, 1.54) is 0 Å². The lowest BCUT2D eigenvalue weighted by Crippen LogP contribution is -2.42. The monoisotopic (exact) mass is 374 g/mol. The first-order valence-corrected chi connectivity index (χ1v) is 10.4. The Hall–Kier alpha value is -1.89. The van der Waals surface area contributed by atoms with Gasteiger partial charge < -0.3 is 10.1 Å². The van der Waals surface area contributed by atoms with E-state index < -0.39 is 10.0 Å². The second-order valence-electron chi connectivity index (χ2n) is 6.82. The Balaban J connectivity index is 1.72. The summed E-state index contributed by atoms with van der Waals surface area (Å²) in [7, 11) is -1.56. The third kappa shape index (κ3) is 4.44. The van der Waals surface area contributed by atoms with Crippen molar-refractivity contribution in [2.45, 2.75) is 24.7 Å². The number of nitrogens with one attached hydrogen (secondary N) is 1. The number of hydrogen-bond donors (Lipinski definition) is 1. The van der Waals surface area contributed by atoms with E-state index in [1.54, 1.807) is 28.6 Å². The molecule has 0 aromatic heterocycles. The second kappa shape index (κ2) is 8.20. The van der Waals surface area contributed by atoms with E-state index in [-0.39, 0.29) is 0 Å². The van der Waals surface area contributed by atoms with Crippen LogP contribution in [-0.2, 0) is 10.0 Å². The van der Waals surface area contributed by atoms with Gasteiger partial charge in [-0.25, -0.2) is 8.42 Å². The van der Waals surface area contributed by atoms with Crippen LogP contribution < -0.4 is 10.1 Å². The Bertz CT molecular complexity index is 832. The molecule has 1 aliphatic rings. The van der Waals surface area contributed by atoms with Crippen LogP contribution in [0.25, 0.3) is 0 Å². The lowest BCUT2D eigenvalue weighted by molar-refractivity contribution is 0.263. The van der Waals surface area contributed by atoms with Crippen molar-refractivity contribution < 1.29 is 13.2 Å². The van der Waals surface area contributed by atoms with Gasteiger partial charge in [-0.2, -0.15) is 4.31 Å². The van der Waals surface area contributed by atoms with Crippen molar-refractivity contribution in [1.82, 2.24) is 9.62 Å². The summed E-state index contributed by atoms with van der Waals surface area (Å²) < 4.78 is 33.2. The van der Waals surface area contributed by atoms with Gasteiger partial charge in [-0.05, 0) is 81.2 Å². The number of aryl methyl sites for hydroxylation is 1. The number of nitrogens with zero attached hydrogens (tertiary/aromatic N) is 1. The van der Waals surface area contributed by atoms with E-state index in [2.05, 4.69) is 5.32 Å². The van der Waals surface area contributed by atoms with Crippen LogP contribution in [-0.4, -0.2) is 39.4 Å². The Morgan fingerprint density at radius 3 is 2.62 bits per heavy atom.